The van der Waals surface area contributed by atoms with Crippen molar-refractivity contribution in [2.75, 3.05) is 27.7 Å². The summed E-state index contributed by atoms with van der Waals surface area (Å²) in [6, 6.07) is 0.242. The molecule has 1 aliphatic rings. The van der Waals surface area contributed by atoms with Gasteiger partial charge in [-0.1, -0.05) is 23.3 Å². The molecule has 1 aliphatic carbocycles. The molecule has 0 aromatic carbocycles. The van der Waals surface area contributed by atoms with Crippen molar-refractivity contribution in [3.63, 3.8) is 0 Å². The minimum atomic E-state index is 0.242. The normalized spacial score (nSPS) is 17.1. The van der Waals surface area contributed by atoms with Gasteiger partial charge in [-0.2, -0.15) is 5.10 Å². The zero-order valence-electron chi connectivity index (χ0n) is 13.4. The van der Waals surface area contributed by atoms with Crippen LogP contribution in [0.4, 0.5) is 0 Å². The van der Waals surface area contributed by atoms with E-state index in [0.29, 0.717) is 0 Å². The number of hydrogen-bond acceptors (Lipinski definition) is 3. The van der Waals surface area contributed by atoms with Gasteiger partial charge in [0.1, 0.15) is 0 Å². The van der Waals surface area contributed by atoms with E-state index in [9.17, 15) is 0 Å². The van der Waals surface area contributed by atoms with Crippen molar-refractivity contribution in [2.24, 2.45) is 0 Å². The summed E-state index contributed by atoms with van der Waals surface area (Å²) in [7, 11) is 6.16. The lowest BCUT2D eigenvalue weighted by Gasteiger charge is -2.22. The average molecular weight is 311 g/mol. The fraction of sp³-hybridized carbons (Fsp3) is 0.688. The molecule has 1 aromatic rings. The minimum Gasteiger partial charge on any atom is -0.311 e. The van der Waals surface area contributed by atoms with Crippen LogP contribution in [0.25, 0.3) is 0 Å². The van der Waals surface area contributed by atoms with Crippen LogP contribution in [0.5, 0.6) is 0 Å². The van der Waals surface area contributed by atoms with E-state index < -0.39 is 0 Å². The molecular formula is C16H27ClN4. The van der Waals surface area contributed by atoms with Gasteiger partial charge >= 0.3 is 0 Å². The maximum Gasteiger partial charge on any atom is 0.0834 e. The Labute approximate surface area is 133 Å². The highest BCUT2D eigenvalue weighted by molar-refractivity contribution is 6.31. The van der Waals surface area contributed by atoms with E-state index >= 15 is 0 Å². The molecule has 118 valence electrons. The van der Waals surface area contributed by atoms with Crippen molar-refractivity contribution in [1.29, 1.82) is 0 Å². The van der Waals surface area contributed by atoms with E-state index in [0.717, 1.165) is 30.2 Å². The molecule has 1 unspecified atom stereocenters. The van der Waals surface area contributed by atoms with Crippen molar-refractivity contribution < 1.29 is 0 Å². The third-order valence-corrected chi connectivity index (χ3v) is 4.41. The Morgan fingerprint density at radius 1 is 1.43 bits per heavy atom. The lowest BCUT2D eigenvalue weighted by atomic mass is 9.93. The summed E-state index contributed by atoms with van der Waals surface area (Å²) in [5, 5.41) is 8.64. The van der Waals surface area contributed by atoms with Crippen LogP contribution in [-0.4, -0.2) is 42.4 Å². The van der Waals surface area contributed by atoms with Gasteiger partial charge in [0.25, 0.3) is 0 Å². The lowest BCUT2D eigenvalue weighted by Crippen LogP contribution is -2.25. The first kappa shape index (κ1) is 16.5. The van der Waals surface area contributed by atoms with E-state index in [1.807, 2.05) is 11.7 Å². The lowest BCUT2D eigenvalue weighted by molar-refractivity contribution is 0.363. The first-order valence-corrected chi connectivity index (χ1v) is 8.20. The van der Waals surface area contributed by atoms with Crippen LogP contribution < -0.4 is 5.32 Å². The van der Waals surface area contributed by atoms with E-state index in [1.54, 1.807) is 11.8 Å². The summed E-state index contributed by atoms with van der Waals surface area (Å²) < 4.78 is 2.05. The van der Waals surface area contributed by atoms with Crippen molar-refractivity contribution in [3.05, 3.63) is 28.6 Å². The van der Waals surface area contributed by atoms with Crippen molar-refractivity contribution in [2.45, 2.75) is 44.7 Å². The van der Waals surface area contributed by atoms with E-state index in [1.165, 1.54) is 25.7 Å². The van der Waals surface area contributed by atoms with Gasteiger partial charge in [-0.3, -0.25) is 4.68 Å². The van der Waals surface area contributed by atoms with Crippen LogP contribution in [0.1, 0.15) is 43.8 Å². The molecule has 1 aromatic heterocycles. The number of likely N-dealkylation sites (N-methyl/N-ethyl adjacent to an activating group) is 1. The smallest absolute Gasteiger partial charge is 0.0834 e. The summed E-state index contributed by atoms with van der Waals surface area (Å²) in [4.78, 5) is 2.16. The van der Waals surface area contributed by atoms with Crippen LogP contribution in [0.3, 0.4) is 0 Å². The summed E-state index contributed by atoms with van der Waals surface area (Å²) >= 11 is 6.40. The first-order valence-electron chi connectivity index (χ1n) is 7.83. The molecule has 5 heteroatoms. The average Bonchev–Trinajstić information content (AvgIpc) is 2.85. The highest BCUT2D eigenvalue weighted by Gasteiger charge is 2.20. The Bertz CT molecular complexity index is 479. The number of aromatic nitrogens is 2. The molecule has 1 heterocycles. The topological polar surface area (TPSA) is 33.1 Å². The molecule has 2 rings (SSSR count). The number of allylic oxidation sites excluding steroid dienone is 1. The monoisotopic (exact) mass is 310 g/mol. The molecule has 0 saturated carbocycles. The molecule has 1 atom stereocenters. The Kier molecular flexibility index (Phi) is 6.27. The third kappa shape index (κ3) is 4.56. The van der Waals surface area contributed by atoms with Crippen molar-refractivity contribution >= 4 is 11.6 Å². The van der Waals surface area contributed by atoms with Crippen LogP contribution in [0.15, 0.2) is 17.8 Å². The molecule has 0 radical (unpaired) electrons. The number of halogens is 1. The molecule has 21 heavy (non-hydrogen) atoms. The quantitative estimate of drug-likeness (QED) is 0.785. The molecule has 0 spiro atoms. The molecule has 1 N–H and O–H groups in total. The van der Waals surface area contributed by atoms with Gasteiger partial charge in [0.2, 0.25) is 0 Å². The Balaban J connectivity index is 2.12. The molecule has 0 aliphatic heterocycles. The minimum absolute atomic E-state index is 0.242. The number of rotatable bonds is 7. The Hall–Kier alpha value is -0.840. The maximum absolute atomic E-state index is 6.40. The number of nitrogens with zero attached hydrogens (tertiary/aromatic N) is 3. The van der Waals surface area contributed by atoms with E-state index in [-0.39, 0.29) is 6.04 Å². The van der Waals surface area contributed by atoms with Gasteiger partial charge < -0.3 is 10.2 Å². The Morgan fingerprint density at radius 2 is 2.24 bits per heavy atom. The second-order valence-corrected chi connectivity index (χ2v) is 6.46. The third-order valence-electron chi connectivity index (χ3n) is 4.12. The highest BCUT2D eigenvalue weighted by atomic mass is 35.5. The van der Waals surface area contributed by atoms with Crippen LogP contribution in [-0.2, 0) is 6.54 Å². The van der Waals surface area contributed by atoms with Gasteiger partial charge in [0.15, 0.2) is 0 Å². The highest BCUT2D eigenvalue weighted by Crippen LogP contribution is 2.31. The largest absolute Gasteiger partial charge is 0.311 e. The molecule has 0 fully saturated rings. The molecular weight excluding hydrogens is 284 g/mol. The maximum atomic E-state index is 6.40. The van der Waals surface area contributed by atoms with Crippen LogP contribution in [0.2, 0.25) is 5.02 Å². The van der Waals surface area contributed by atoms with E-state index in [4.69, 9.17) is 11.6 Å². The molecule has 0 saturated heterocycles. The zero-order valence-corrected chi connectivity index (χ0v) is 14.2. The van der Waals surface area contributed by atoms with Crippen molar-refractivity contribution in [1.82, 2.24) is 20.0 Å². The molecule has 4 nitrogen and oxygen atoms in total. The summed E-state index contributed by atoms with van der Waals surface area (Å²) in [6.45, 7) is 1.83. The second-order valence-electron chi connectivity index (χ2n) is 6.06. The van der Waals surface area contributed by atoms with Crippen molar-refractivity contribution in [3.8, 4) is 0 Å². The summed E-state index contributed by atoms with van der Waals surface area (Å²) in [5.41, 5.74) is 2.67. The van der Waals surface area contributed by atoms with Gasteiger partial charge in [-0.15, -0.1) is 0 Å². The van der Waals surface area contributed by atoms with Crippen LogP contribution in [0, 0.1) is 0 Å². The zero-order chi connectivity index (χ0) is 15.2. The van der Waals surface area contributed by atoms with Crippen LogP contribution >= 0.6 is 11.6 Å². The summed E-state index contributed by atoms with van der Waals surface area (Å²) in [6.07, 6.45) is 10.3. The van der Waals surface area contributed by atoms with Gasteiger partial charge in [-0.05, 0) is 53.2 Å². The number of hydrogen-bond donors (Lipinski definition) is 1. The van der Waals surface area contributed by atoms with Gasteiger partial charge in [-0.25, -0.2) is 0 Å². The predicted molar refractivity (Wildman–Crippen MR) is 88.8 cm³/mol. The van der Waals surface area contributed by atoms with E-state index in [2.05, 4.69) is 35.5 Å². The molecule has 0 bridgehead atoms. The van der Waals surface area contributed by atoms with Gasteiger partial charge in [0, 0.05) is 6.54 Å². The number of nitrogens with one attached hydrogen (secondary N) is 1. The standard InChI is InChI=1S/C16H27ClN4/c1-18-15(11-13-7-5-4-6-8-13)16-14(17)12-19-21(16)10-9-20(2)3/h7,12,15,18H,4-6,8-11H2,1-3H3. The fourth-order valence-electron chi connectivity index (χ4n) is 2.88. The SMILES string of the molecule is CNC(CC1=CCCCC1)c1c(Cl)cnn1CCN(C)C. The fourth-order valence-corrected chi connectivity index (χ4v) is 3.15. The second kappa shape index (κ2) is 7.97. The molecule has 0 amide bonds. The summed E-state index contributed by atoms with van der Waals surface area (Å²) in [5.74, 6) is 0. The predicted octanol–water partition coefficient (Wildman–Crippen LogP) is 3.25. The Morgan fingerprint density at radius 3 is 2.86 bits per heavy atom. The van der Waals surface area contributed by atoms with Gasteiger partial charge in [0.05, 0.1) is 29.5 Å². The first-order chi connectivity index (χ1) is 10.1.